The Balaban J connectivity index is -0.000000189. The SMILES string of the molecule is C1CCCC1.CC(O)C1CCCC1.[CH3-].[CH3-].[Fe+2]. The second kappa shape index (κ2) is 13.5. The molecule has 0 aromatic rings. The number of hydrogen-bond acceptors (Lipinski definition) is 1. The molecule has 0 amide bonds. The van der Waals surface area contributed by atoms with E-state index in [0.717, 1.165) is 0 Å². The van der Waals surface area contributed by atoms with Gasteiger partial charge in [-0.15, -0.1) is 0 Å². The van der Waals surface area contributed by atoms with Gasteiger partial charge in [-0.2, -0.15) is 0 Å². The van der Waals surface area contributed by atoms with Gasteiger partial charge >= 0.3 is 17.1 Å². The van der Waals surface area contributed by atoms with Crippen LogP contribution < -0.4 is 0 Å². The molecule has 2 fully saturated rings. The maximum Gasteiger partial charge on any atom is 2.00 e. The van der Waals surface area contributed by atoms with Gasteiger partial charge in [0.1, 0.15) is 0 Å². The Morgan fingerprint density at radius 2 is 1.12 bits per heavy atom. The summed E-state index contributed by atoms with van der Waals surface area (Å²) in [6.45, 7) is 1.90. The molecule has 0 aromatic heterocycles. The first-order valence-corrected chi connectivity index (χ1v) is 5.99. The normalized spacial score (nSPS) is 20.6. The van der Waals surface area contributed by atoms with E-state index in [-0.39, 0.29) is 38.0 Å². The summed E-state index contributed by atoms with van der Waals surface area (Å²) in [5, 5.41) is 9.05. The molecule has 2 aliphatic rings. The fraction of sp³-hybridized carbons (Fsp3) is 0.857. The van der Waals surface area contributed by atoms with Gasteiger partial charge in [0.15, 0.2) is 0 Å². The zero-order chi connectivity index (χ0) is 9.52. The van der Waals surface area contributed by atoms with Crippen LogP contribution in [-0.2, 0) is 17.1 Å². The number of aliphatic hydroxyl groups excluding tert-OH is 1. The number of rotatable bonds is 1. The summed E-state index contributed by atoms with van der Waals surface area (Å²) in [4.78, 5) is 0. The topological polar surface area (TPSA) is 20.2 Å². The van der Waals surface area contributed by atoms with Gasteiger partial charge in [-0.05, 0) is 25.7 Å². The molecule has 100 valence electrons. The fourth-order valence-electron chi connectivity index (χ4n) is 2.32. The van der Waals surface area contributed by atoms with Crippen LogP contribution in [-0.4, -0.2) is 11.2 Å². The first kappa shape index (κ1) is 21.7. The summed E-state index contributed by atoms with van der Waals surface area (Å²) in [5.74, 6) is 0.620. The third-order valence-corrected chi connectivity index (χ3v) is 3.33. The Labute approximate surface area is 114 Å². The summed E-state index contributed by atoms with van der Waals surface area (Å²) >= 11 is 0. The standard InChI is InChI=1S/C7H14O.C5H10.2CH3.Fe/c1-6(8)7-4-2-3-5-7;1-2-4-5-3-1;;;/h6-8H,2-5H2,1H3;1-5H2;2*1H3;/q;;2*-1;+2. The summed E-state index contributed by atoms with van der Waals surface area (Å²) in [7, 11) is 0. The molecule has 16 heavy (non-hydrogen) atoms. The molecule has 0 aromatic carbocycles. The van der Waals surface area contributed by atoms with Crippen LogP contribution in [0.15, 0.2) is 0 Å². The molecule has 2 heteroatoms. The van der Waals surface area contributed by atoms with Crippen LogP contribution in [0.2, 0.25) is 0 Å². The van der Waals surface area contributed by atoms with Crippen LogP contribution in [0.5, 0.6) is 0 Å². The smallest absolute Gasteiger partial charge is 0.393 e. The molecule has 0 aliphatic heterocycles. The molecule has 2 rings (SSSR count). The second-order valence-corrected chi connectivity index (χ2v) is 4.55. The van der Waals surface area contributed by atoms with Crippen molar-refractivity contribution in [2.75, 3.05) is 0 Å². The van der Waals surface area contributed by atoms with Crippen LogP contribution in [0.25, 0.3) is 0 Å². The van der Waals surface area contributed by atoms with Crippen molar-refractivity contribution in [3.8, 4) is 0 Å². The van der Waals surface area contributed by atoms with Gasteiger partial charge in [-0.1, -0.05) is 44.9 Å². The average molecular weight is 270 g/mol. The Morgan fingerprint density at radius 3 is 1.31 bits per heavy atom. The number of hydrogen-bond donors (Lipinski definition) is 1. The van der Waals surface area contributed by atoms with Crippen molar-refractivity contribution in [3.05, 3.63) is 14.9 Å². The van der Waals surface area contributed by atoms with E-state index < -0.39 is 0 Å². The molecular weight excluding hydrogens is 240 g/mol. The fourth-order valence-corrected chi connectivity index (χ4v) is 2.32. The van der Waals surface area contributed by atoms with Crippen molar-refractivity contribution in [2.45, 2.75) is 70.8 Å². The van der Waals surface area contributed by atoms with E-state index in [1.165, 1.54) is 57.8 Å². The Bertz CT molecular complexity index is 108. The quantitative estimate of drug-likeness (QED) is 0.553. The third-order valence-electron chi connectivity index (χ3n) is 3.33. The first-order chi connectivity index (χ1) is 6.30. The Hall–Kier alpha value is 0.479. The first-order valence-electron chi connectivity index (χ1n) is 5.99. The van der Waals surface area contributed by atoms with Gasteiger partial charge in [0.2, 0.25) is 0 Å². The monoisotopic (exact) mass is 270 g/mol. The summed E-state index contributed by atoms with van der Waals surface area (Å²) < 4.78 is 0. The average Bonchev–Trinajstić information content (AvgIpc) is 2.82. The maximum atomic E-state index is 9.05. The maximum absolute atomic E-state index is 9.05. The molecule has 1 nitrogen and oxygen atoms in total. The molecule has 0 heterocycles. The van der Waals surface area contributed by atoms with Gasteiger partial charge < -0.3 is 20.0 Å². The van der Waals surface area contributed by atoms with E-state index >= 15 is 0 Å². The summed E-state index contributed by atoms with van der Waals surface area (Å²) in [6.07, 6.45) is 12.6. The molecule has 2 saturated carbocycles. The zero-order valence-corrected chi connectivity index (χ0v) is 12.4. The van der Waals surface area contributed by atoms with Crippen molar-refractivity contribution in [1.82, 2.24) is 0 Å². The molecule has 2 aliphatic carbocycles. The van der Waals surface area contributed by atoms with Crippen molar-refractivity contribution in [3.63, 3.8) is 0 Å². The van der Waals surface area contributed by atoms with Crippen molar-refractivity contribution < 1.29 is 22.2 Å². The second-order valence-electron chi connectivity index (χ2n) is 4.55. The molecule has 1 atom stereocenters. The van der Waals surface area contributed by atoms with Crippen LogP contribution in [0.4, 0.5) is 0 Å². The Kier molecular flexibility index (Phi) is 18.4. The van der Waals surface area contributed by atoms with E-state index in [4.69, 9.17) is 5.11 Å². The van der Waals surface area contributed by atoms with E-state index in [1.54, 1.807) is 0 Å². The van der Waals surface area contributed by atoms with Gasteiger partial charge in [-0.25, -0.2) is 0 Å². The van der Waals surface area contributed by atoms with Crippen molar-refractivity contribution in [2.24, 2.45) is 5.92 Å². The minimum absolute atomic E-state index is 0. The predicted molar refractivity (Wildman–Crippen MR) is 69.6 cm³/mol. The minimum atomic E-state index is -0.0579. The molecule has 1 unspecified atom stereocenters. The zero-order valence-electron chi connectivity index (χ0n) is 11.3. The molecular formula is C14H30FeO. The van der Waals surface area contributed by atoms with Crippen LogP contribution in [0.1, 0.15) is 64.7 Å². The van der Waals surface area contributed by atoms with E-state index in [9.17, 15) is 0 Å². The van der Waals surface area contributed by atoms with Crippen molar-refractivity contribution >= 4 is 0 Å². The summed E-state index contributed by atoms with van der Waals surface area (Å²) in [5.41, 5.74) is 0. The van der Waals surface area contributed by atoms with Gasteiger partial charge in [0.05, 0.1) is 6.10 Å². The van der Waals surface area contributed by atoms with Gasteiger partial charge in [-0.3, -0.25) is 0 Å². The van der Waals surface area contributed by atoms with E-state index in [0.29, 0.717) is 5.92 Å². The Morgan fingerprint density at radius 1 is 0.812 bits per heavy atom. The minimum Gasteiger partial charge on any atom is -0.393 e. The van der Waals surface area contributed by atoms with Crippen LogP contribution in [0.3, 0.4) is 0 Å². The van der Waals surface area contributed by atoms with Gasteiger partial charge in [0, 0.05) is 0 Å². The molecule has 0 saturated heterocycles. The van der Waals surface area contributed by atoms with Crippen LogP contribution >= 0.6 is 0 Å². The summed E-state index contributed by atoms with van der Waals surface area (Å²) in [6, 6.07) is 0. The van der Waals surface area contributed by atoms with Gasteiger partial charge in [0.25, 0.3) is 0 Å². The predicted octanol–water partition coefficient (Wildman–Crippen LogP) is 4.41. The van der Waals surface area contributed by atoms with E-state index in [1.807, 2.05) is 6.92 Å². The number of aliphatic hydroxyl groups is 1. The van der Waals surface area contributed by atoms with Crippen molar-refractivity contribution in [1.29, 1.82) is 0 Å². The molecule has 0 spiro atoms. The van der Waals surface area contributed by atoms with Crippen LogP contribution in [0, 0.1) is 20.8 Å². The largest absolute Gasteiger partial charge is 2.00 e. The van der Waals surface area contributed by atoms with E-state index in [2.05, 4.69) is 0 Å². The third kappa shape index (κ3) is 9.69. The molecule has 0 radical (unpaired) electrons. The molecule has 1 N–H and O–H groups in total. The molecule has 0 bridgehead atoms.